The molecule has 0 amide bonds. The third-order valence-corrected chi connectivity index (χ3v) is 4.29. The van der Waals surface area contributed by atoms with Gasteiger partial charge in [-0.2, -0.15) is 0 Å². The van der Waals surface area contributed by atoms with E-state index in [9.17, 15) is 4.79 Å². The summed E-state index contributed by atoms with van der Waals surface area (Å²) in [5.41, 5.74) is 0.779. The Balaban J connectivity index is 2.92. The summed E-state index contributed by atoms with van der Waals surface area (Å²) in [5.74, 6) is 0.130. The number of aryl methyl sites for hydroxylation is 1. The van der Waals surface area contributed by atoms with Gasteiger partial charge in [-0.05, 0) is 53.5 Å². The number of nitrogens with zero attached hydrogens (tertiary/aromatic N) is 1. The van der Waals surface area contributed by atoms with Crippen LogP contribution < -0.4 is 10.2 Å². The Morgan fingerprint density at radius 1 is 1.23 bits per heavy atom. The molecule has 0 saturated carbocycles. The normalized spacial score (nSPS) is 12.0. The Morgan fingerprint density at radius 3 is 2.38 bits per heavy atom. The lowest BCUT2D eigenvalue weighted by Crippen LogP contribution is -2.45. The van der Waals surface area contributed by atoms with Crippen molar-refractivity contribution < 1.29 is 23.6 Å². The first kappa shape index (κ1) is 22.4. The SMILES string of the molecule is CCOB(OC(C)(C)CC)c1cnc(OCC(C)(C)C(=O)OC)cc1C. The smallest absolute Gasteiger partial charge is 0.476 e. The minimum Gasteiger partial charge on any atom is -0.476 e. The third kappa shape index (κ3) is 6.29. The topological polar surface area (TPSA) is 66.9 Å². The number of rotatable bonds is 10. The predicted molar refractivity (Wildman–Crippen MR) is 103 cm³/mol. The molecule has 0 aliphatic carbocycles. The zero-order chi connectivity index (χ0) is 20.0. The van der Waals surface area contributed by atoms with Crippen LogP contribution in [0.3, 0.4) is 0 Å². The highest BCUT2D eigenvalue weighted by atomic mass is 16.6. The van der Waals surface area contributed by atoms with Crippen LogP contribution in [0.2, 0.25) is 0 Å². The summed E-state index contributed by atoms with van der Waals surface area (Å²) in [5, 5.41) is 0. The molecule has 0 N–H and O–H groups in total. The lowest BCUT2D eigenvalue weighted by atomic mass is 9.76. The lowest BCUT2D eigenvalue weighted by molar-refractivity contribution is -0.152. The fourth-order valence-electron chi connectivity index (χ4n) is 2.17. The molecule has 0 aromatic carbocycles. The van der Waals surface area contributed by atoms with E-state index in [1.54, 1.807) is 20.0 Å². The van der Waals surface area contributed by atoms with Gasteiger partial charge in [0.15, 0.2) is 0 Å². The van der Waals surface area contributed by atoms with Crippen LogP contribution in [0, 0.1) is 12.3 Å². The molecule has 146 valence electrons. The van der Waals surface area contributed by atoms with Crippen LogP contribution in [0.1, 0.15) is 53.5 Å². The third-order valence-electron chi connectivity index (χ3n) is 4.29. The second kappa shape index (κ2) is 9.37. The average molecular weight is 365 g/mol. The van der Waals surface area contributed by atoms with Crippen LogP contribution in [0.4, 0.5) is 0 Å². The van der Waals surface area contributed by atoms with Crippen molar-refractivity contribution >= 4 is 18.6 Å². The molecule has 7 heteroatoms. The van der Waals surface area contributed by atoms with Gasteiger partial charge in [0.05, 0.1) is 12.5 Å². The van der Waals surface area contributed by atoms with Gasteiger partial charge in [0, 0.05) is 29.9 Å². The largest absolute Gasteiger partial charge is 0.496 e. The first-order valence-electron chi connectivity index (χ1n) is 9.03. The van der Waals surface area contributed by atoms with Crippen molar-refractivity contribution in [2.75, 3.05) is 20.3 Å². The molecule has 0 unspecified atom stereocenters. The molecule has 6 nitrogen and oxygen atoms in total. The van der Waals surface area contributed by atoms with Crippen molar-refractivity contribution in [1.82, 2.24) is 4.98 Å². The molecule has 1 aromatic rings. The molecule has 0 aliphatic rings. The van der Waals surface area contributed by atoms with E-state index in [1.165, 1.54) is 7.11 Å². The number of methoxy groups -OCH3 is 1. The van der Waals surface area contributed by atoms with Gasteiger partial charge in [-0.15, -0.1) is 0 Å². The van der Waals surface area contributed by atoms with E-state index >= 15 is 0 Å². The Hall–Kier alpha value is -1.60. The summed E-state index contributed by atoms with van der Waals surface area (Å²) in [4.78, 5) is 16.1. The number of carbonyl (C=O) groups excluding carboxylic acids is 1. The van der Waals surface area contributed by atoms with Crippen LogP contribution in [-0.2, 0) is 18.8 Å². The van der Waals surface area contributed by atoms with Gasteiger partial charge in [-0.3, -0.25) is 4.79 Å². The van der Waals surface area contributed by atoms with Gasteiger partial charge < -0.3 is 18.8 Å². The van der Waals surface area contributed by atoms with E-state index in [0.717, 1.165) is 17.4 Å². The van der Waals surface area contributed by atoms with Crippen molar-refractivity contribution in [3.8, 4) is 5.88 Å². The molecule has 0 atom stereocenters. The molecule has 0 fully saturated rings. The minimum atomic E-state index is -0.745. The Bertz CT molecular complexity index is 604. The fraction of sp³-hybridized carbons (Fsp3) is 0.684. The number of pyridine rings is 1. The molecular weight excluding hydrogens is 333 g/mol. The molecule has 1 heterocycles. The average Bonchev–Trinajstić information content (AvgIpc) is 2.59. The van der Waals surface area contributed by atoms with E-state index in [4.69, 9.17) is 18.8 Å². The molecule has 1 rings (SSSR count). The molecule has 0 bridgehead atoms. The van der Waals surface area contributed by atoms with Crippen LogP contribution in [-0.4, -0.2) is 44.0 Å². The number of hydrogen-bond donors (Lipinski definition) is 0. The monoisotopic (exact) mass is 365 g/mol. The fourth-order valence-corrected chi connectivity index (χ4v) is 2.17. The van der Waals surface area contributed by atoms with Gasteiger partial charge in [-0.25, -0.2) is 4.98 Å². The molecule has 1 aromatic heterocycles. The predicted octanol–water partition coefficient (Wildman–Crippen LogP) is 2.90. The Labute approximate surface area is 157 Å². The maximum absolute atomic E-state index is 11.7. The highest BCUT2D eigenvalue weighted by Crippen LogP contribution is 2.20. The van der Waals surface area contributed by atoms with Crippen molar-refractivity contribution in [2.24, 2.45) is 5.41 Å². The summed E-state index contributed by atoms with van der Waals surface area (Å²) >= 11 is 0. The highest BCUT2D eigenvalue weighted by Gasteiger charge is 2.32. The maximum Gasteiger partial charge on any atom is 0.496 e. The van der Waals surface area contributed by atoms with Gasteiger partial charge in [-0.1, -0.05) is 6.92 Å². The highest BCUT2D eigenvalue weighted by molar-refractivity contribution is 6.61. The molecule has 26 heavy (non-hydrogen) atoms. The van der Waals surface area contributed by atoms with Crippen molar-refractivity contribution in [3.63, 3.8) is 0 Å². The van der Waals surface area contributed by atoms with Crippen LogP contribution in [0.25, 0.3) is 0 Å². The number of ether oxygens (including phenoxy) is 2. The second-order valence-electron chi connectivity index (χ2n) is 7.56. The lowest BCUT2D eigenvalue weighted by Gasteiger charge is -2.28. The number of carbonyl (C=O) groups is 1. The molecule has 0 aliphatic heterocycles. The number of hydrogen-bond acceptors (Lipinski definition) is 6. The quantitative estimate of drug-likeness (QED) is 0.469. The van der Waals surface area contributed by atoms with Crippen LogP contribution >= 0.6 is 0 Å². The van der Waals surface area contributed by atoms with E-state index in [2.05, 4.69) is 11.9 Å². The summed E-state index contributed by atoms with van der Waals surface area (Å²) in [6.07, 6.45) is 2.58. The van der Waals surface area contributed by atoms with Crippen molar-refractivity contribution in [1.29, 1.82) is 0 Å². The van der Waals surface area contributed by atoms with Crippen LogP contribution in [0.5, 0.6) is 5.88 Å². The number of esters is 1. The Morgan fingerprint density at radius 2 is 1.88 bits per heavy atom. The summed E-state index contributed by atoms with van der Waals surface area (Å²) in [7, 11) is 0.885. The van der Waals surface area contributed by atoms with E-state index in [0.29, 0.717) is 12.5 Å². The molecule has 0 radical (unpaired) electrons. The molecular formula is C19H32BNO5. The van der Waals surface area contributed by atoms with Crippen molar-refractivity contribution in [2.45, 2.75) is 60.5 Å². The molecule has 0 saturated heterocycles. The van der Waals surface area contributed by atoms with Gasteiger partial charge in [0.25, 0.3) is 0 Å². The van der Waals surface area contributed by atoms with E-state index in [1.807, 2.05) is 33.8 Å². The maximum atomic E-state index is 11.7. The van der Waals surface area contributed by atoms with E-state index in [-0.39, 0.29) is 18.2 Å². The zero-order valence-corrected chi connectivity index (χ0v) is 17.3. The second-order valence-corrected chi connectivity index (χ2v) is 7.56. The summed E-state index contributed by atoms with van der Waals surface area (Å²) < 4.78 is 22.4. The minimum absolute atomic E-state index is 0.180. The van der Waals surface area contributed by atoms with Crippen molar-refractivity contribution in [3.05, 3.63) is 17.8 Å². The first-order chi connectivity index (χ1) is 12.1. The number of aromatic nitrogens is 1. The van der Waals surface area contributed by atoms with Gasteiger partial charge in [0.2, 0.25) is 5.88 Å². The van der Waals surface area contributed by atoms with Gasteiger partial charge in [0.1, 0.15) is 6.61 Å². The standard InChI is InChI=1S/C19H32BNO5/c1-9-19(6,7)26-20(25-10-2)15-12-21-16(11-14(15)3)24-13-18(4,5)17(22)23-8/h11-12H,9-10,13H2,1-8H3. The summed E-state index contributed by atoms with van der Waals surface area (Å²) in [6.45, 7) is 14.3. The zero-order valence-electron chi connectivity index (χ0n) is 17.3. The summed E-state index contributed by atoms with van der Waals surface area (Å²) in [6, 6.07) is 1.83. The van der Waals surface area contributed by atoms with Crippen LogP contribution in [0.15, 0.2) is 12.3 Å². The molecule has 0 spiro atoms. The Kier molecular flexibility index (Phi) is 8.09. The van der Waals surface area contributed by atoms with E-state index < -0.39 is 12.5 Å². The first-order valence-corrected chi connectivity index (χ1v) is 9.03. The van der Waals surface area contributed by atoms with Gasteiger partial charge >= 0.3 is 13.1 Å².